The lowest BCUT2D eigenvalue weighted by Gasteiger charge is -2.34. The minimum atomic E-state index is 0.0467. The molecular weight excluding hydrogens is 248 g/mol. The van der Waals surface area contributed by atoms with Gasteiger partial charge in [-0.3, -0.25) is 4.90 Å². The zero-order chi connectivity index (χ0) is 13.9. The van der Waals surface area contributed by atoms with Crippen molar-refractivity contribution in [1.29, 1.82) is 0 Å². The van der Waals surface area contributed by atoms with Crippen molar-refractivity contribution in [2.24, 2.45) is 5.73 Å². The first kappa shape index (κ1) is 13.4. The number of likely N-dealkylation sites (tertiary alicyclic amines) is 1. The molecular formula is C17H22N2O. The van der Waals surface area contributed by atoms with Crippen LogP contribution < -0.4 is 5.73 Å². The van der Waals surface area contributed by atoms with Crippen LogP contribution in [0.25, 0.3) is 0 Å². The van der Waals surface area contributed by atoms with Gasteiger partial charge in [-0.1, -0.05) is 30.3 Å². The zero-order valence-corrected chi connectivity index (χ0v) is 11.9. The molecule has 0 bridgehead atoms. The average Bonchev–Trinajstić information content (AvgIpc) is 3.11. The van der Waals surface area contributed by atoms with Gasteiger partial charge in [-0.25, -0.2) is 0 Å². The van der Waals surface area contributed by atoms with Gasteiger partial charge in [0.1, 0.15) is 5.76 Å². The summed E-state index contributed by atoms with van der Waals surface area (Å²) in [6, 6.07) is 15.3. The Morgan fingerprint density at radius 2 is 2.00 bits per heavy atom. The third-order valence-electron chi connectivity index (χ3n) is 4.17. The zero-order valence-electron chi connectivity index (χ0n) is 11.9. The lowest BCUT2D eigenvalue weighted by Crippen LogP contribution is -2.39. The van der Waals surface area contributed by atoms with Crippen LogP contribution in [0.3, 0.4) is 0 Å². The van der Waals surface area contributed by atoms with E-state index in [1.165, 1.54) is 18.4 Å². The molecule has 1 aliphatic heterocycles. The van der Waals surface area contributed by atoms with Crippen molar-refractivity contribution in [2.45, 2.75) is 37.9 Å². The summed E-state index contributed by atoms with van der Waals surface area (Å²) in [5.41, 5.74) is 7.62. The van der Waals surface area contributed by atoms with Gasteiger partial charge in [0, 0.05) is 12.1 Å². The summed E-state index contributed by atoms with van der Waals surface area (Å²) in [5, 5.41) is 0. The number of hydrogen-bond acceptors (Lipinski definition) is 3. The van der Waals surface area contributed by atoms with Crippen LogP contribution in [0.2, 0.25) is 0 Å². The Kier molecular flexibility index (Phi) is 3.90. The van der Waals surface area contributed by atoms with E-state index in [1.807, 2.05) is 12.1 Å². The molecule has 0 spiro atoms. The lowest BCUT2D eigenvalue weighted by molar-refractivity contribution is 0.140. The number of nitrogens with two attached hydrogens (primary N) is 1. The Morgan fingerprint density at radius 1 is 1.20 bits per heavy atom. The van der Waals surface area contributed by atoms with E-state index in [4.69, 9.17) is 10.2 Å². The number of nitrogens with zero attached hydrogens (tertiary/aromatic N) is 1. The highest BCUT2D eigenvalue weighted by Gasteiger charge is 2.35. The van der Waals surface area contributed by atoms with E-state index in [-0.39, 0.29) is 12.1 Å². The van der Waals surface area contributed by atoms with E-state index in [0.29, 0.717) is 6.04 Å². The van der Waals surface area contributed by atoms with E-state index in [2.05, 4.69) is 42.2 Å². The van der Waals surface area contributed by atoms with Gasteiger partial charge in [-0.2, -0.15) is 0 Å². The topological polar surface area (TPSA) is 42.4 Å². The number of benzene rings is 1. The molecule has 1 fully saturated rings. The second-order valence-electron chi connectivity index (χ2n) is 5.63. The smallest absolute Gasteiger partial charge is 0.122 e. The Morgan fingerprint density at radius 3 is 2.65 bits per heavy atom. The molecule has 3 heteroatoms. The number of hydrogen-bond donors (Lipinski definition) is 1. The summed E-state index contributed by atoms with van der Waals surface area (Å²) in [6.45, 7) is 3.14. The van der Waals surface area contributed by atoms with Crippen molar-refractivity contribution in [3.8, 4) is 0 Å². The number of furan rings is 1. The van der Waals surface area contributed by atoms with Crippen molar-refractivity contribution in [3.63, 3.8) is 0 Å². The maximum Gasteiger partial charge on any atom is 0.122 e. The fourth-order valence-corrected chi connectivity index (χ4v) is 3.34. The second kappa shape index (κ2) is 5.81. The van der Waals surface area contributed by atoms with Crippen molar-refractivity contribution in [2.75, 3.05) is 6.54 Å². The maximum absolute atomic E-state index is 6.25. The third kappa shape index (κ3) is 2.51. The number of rotatable bonds is 4. The summed E-state index contributed by atoms with van der Waals surface area (Å²) in [4.78, 5) is 2.50. The third-order valence-corrected chi connectivity index (χ3v) is 4.17. The molecule has 3 nitrogen and oxygen atoms in total. The summed E-state index contributed by atoms with van der Waals surface area (Å²) >= 11 is 0. The van der Waals surface area contributed by atoms with E-state index in [9.17, 15) is 0 Å². The molecule has 1 aromatic carbocycles. The molecule has 1 aromatic heterocycles. The Bertz CT molecular complexity index is 521. The summed E-state index contributed by atoms with van der Waals surface area (Å²) in [5.74, 6) is 0.975. The Balaban J connectivity index is 1.90. The van der Waals surface area contributed by atoms with E-state index in [0.717, 1.165) is 12.3 Å². The van der Waals surface area contributed by atoms with Gasteiger partial charge < -0.3 is 10.2 Å². The van der Waals surface area contributed by atoms with E-state index < -0.39 is 0 Å². The highest BCUT2D eigenvalue weighted by molar-refractivity contribution is 5.21. The first-order chi connectivity index (χ1) is 9.77. The molecule has 3 unspecified atom stereocenters. The fraction of sp³-hybridized carbons (Fsp3) is 0.412. The Labute approximate surface area is 120 Å². The predicted octanol–water partition coefficient (Wildman–Crippen LogP) is 3.51. The molecule has 2 N–H and O–H groups in total. The normalized spacial score (nSPS) is 22.8. The summed E-state index contributed by atoms with van der Waals surface area (Å²) in [6.07, 6.45) is 4.13. The molecule has 0 amide bonds. The lowest BCUT2D eigenvalue weighted by atomic mass is 10.0. The monoisotopic (exact) mass is 270 g/mol. The van der Waals surface area contributed by atoms with Gasteiger partial charge in [0.25, 0.3) is 0 Å². The van der Waals surface area contributed by atoms with Crippen molar-refractivity contribution in [3.05, 3.63) is 60.1 Å². The predicted molar refractivity (Wildman–Crippen MR) is 80.2 cm³/mol. The largest absolute Gasteiger partial charge is 0.468 e. The minimum Gasteiger partial charge on any atom is -0.468 e. The van der Waals surface area contributed by atoms with E-state index >= 15 is 0 Å². The van der Waals surface area contributed by atoms with Gasteiger partial charge in [0.2, 0.25) is 0 Å². The average molecular weight is 270 g/mol. The highest BCUT2D eigenvalue weighted by Crippen LogP contribution is 2.39. The molecule has 1 aliphatic rings. The van der Waals surface area contributed by atoms with Crippen molar-refractivity contribution < 1.29 is 4.42 Å². The molecule has 3 atom stereocenters. The molecule has 2 aromatic rings. The quantitative estimate of drug-likeness (QED) is 0.924. The van der Waals surface area contributed by atoms with Crippen LogP contribution in [-0.2, 0) is 0 Å². The molecule has 20 heavy (non-hydrogen) atoms. The van der Waals surface area contributed by atoms with Gasteiger partial charge in [-0.05, 0) is 44.0 Å². The standard InChI is InChI=1S/C17H22N2O/c1-13(18)17(16-10-6-12-20-16)19-11-5-9-15(19)14-7-3-2-4-8-14/h2-4,6-8,10,12-13,15,17H,5,9,11,18H2,1H3. The molecule has 2 heterocycles. The van der Waals surface area contributed by atoms with Crippen LogP contribution in [0.4, 0.5) is 0 Å². The molecule has 3 rings (SSSR count). The minimum absolute atomic E-state index is 0.0467. The van der Waals surface area contributed by atoms with Crippen LogP contribution >= 0.6 is 0 Å². The fourth-order valence-electron chi connectivity index (χ4n) is 3.34. The SMILES string of the molecule is CC(N)C(c1ccco1)N1CCCC1c1ccccc1. The second-order valence-corrected chi connectivity index (χ2v) is 5.63. The molecule has 1 saturated heterocycles. The molecule has 0 radical (unpaired) electrons. The van der Waals surface area contributed by atoms with Gasteiger partial charge in [-0.15, -0.1) is 0 Å². The molecule has 106 valence electrons. The van der Waals surface area contributed by atoms with Crippen molar-refractivity contribution >= 4 is 0 Å². The summed E-state index contributed by atoms with van der Waals surface area (Å²) in [7, 11) is 0. The van der Waals surface area contributed by atoms with Crippen LogP contribution in [0.1, 0.15) is 43.2 Å². The van der Waals surface area contributed by atoms with Crippen LogP contribution in [-0.4, -0.2) is 17.5 Å². The van der Waals surface area contributed by atoms with Gasteiger partial charge >= 0.3 is 0 Å². The first-order valence-corrected chi connectivity index (χ1v) is 7.37. The van der Waals surface area contributed by atoms with Gasteiger partial charge in [0.15, 0.2) is 0 Å². The molecule has 0 aliphatic carbocycles. The van der Waals surface area contributed by atoms with Gasteiger partial charge in [0.05, 0.1) is 12.3 Å². The maximum atomic E-state index is 6.25. The van der Waals surface area contributed by atoms with Crippen LogP contribution in [0.15, 0.2) is 53.1 Å². The molecule has 0 saturated carbocycles. The van der Waals surface area contributed by atoms with Crippen LogP contribution in [0.5, 0.6) is 0 Å². The van der Waals surface area contributed by atoms with Crippen LogP contribution in [0, 0.1) is 0 Å². The first-order valence-electron chi connectivity index (χ1n) is 7.37. The van der Waals surface area contributed by atoms with E-state index in [1.54, 1.807) is 6.26 Å². The Hall–Kier alpha value is -1.58. The summed E-state index contributed by atoms with van der Waals surface area (Å²) < 4.78 is 5.63. The van der Waals surface area contributed by atoms with Crippen molar-refractivity contribution in [1.82, 2.24) is 4.90 Å². The highest BCUT2D eigenvalue weighted by atomic mass is 16.3.